The standard InChI is InChI=1S/C30H56N2O2Si/c1-7-18-28(35(5,6)34-4)20-16-14-12-10-8-9-11-13-15-19-27-21-22-29(30(33)25-27)26(2)32-24-17-23-31-3/h12,14,21-22,25-26,28,31-33H,7-11,13,15-20,23-24H2,1-6H3/b14-12-. The predicted molar refractivity (Wildman–Crippen MR) is 156 cm³/mol. The van der Waals surface area contributed by atoms with Crippen molar-refractivity contribution in [2.75, 3.05) is 27.2 Å². The normalized spacial score (nSPS) is 14.0. The van der Waals surface area contributed by atoms with Gasteiger partial charge >= 0.3 is 0 Å². The average molecular weight is 505 g/mol. The minimum Gasteiger partial charge on any atom is -0.508 e. The molecule has 0 spiro atoms. The first-order chi connectivity index (χ1) is 16.9. The van der Waals surface area contributed by atoms with E-state index >= 15 is 0 Å². The molecule has 0 bridgehead atoms. The Morgan fingerprint density at radius 2 is 1.69 bits per heavy atom. The smallest absolute Gasteiger partial charge is 0.189 e. The van der Waals surface area contributed by atoms with Crippen molar-refractivity contribution in [3.63, 3.8) is 0 Å². The second-order valence-corrected chi connectivity index (χ2v) is 15.1. The number of aryl methyl sites for hydroxylation is 1. The first-order valence-electron chi connectivity index (χ1n) is 14.3. The van der Waals surface area contributed by atoms with Crippen LogP contribution in [-0.2, 0) is 10.8 Å². The number of benzene rings is 1. The highest BCUT2D eigenvalue weighted by Crippen LogP contribution is 2.32. The fraction of sp³-hybridized carbons (Fsp3) is 0.733. The minimum absolute atomic E-state index is 0.173. The largest absolute Gasteiger partial charge is 0.508 e. The molecule has 2 atom stereocenters. The maximum absolute atomic E-state index is 10.5. The molecule has 0 radical (unpaired) electrons. The quantitative estimate of drug-likeness (QED) is 0.0905. The number of nitrogens with one attached hydrogen (secondary N) is 2. The van der Waals surface area contributed by atoms with Crippen molar-refractivity contribution in [2.45, 2.75) is 116 Å². The van der Waals surface area contributed by atoms with Crippen molar-refractivity contribution in [3.8, 4) is 5.75 Å². The van der Waals surface area contributed by atoms with Crippen LogP contribution in [0.2, 0.25) is 18.6 Å². The molecule has 0 aliphatic rings. The van der Waals surface area contributed by atoms with Crippen LogP contribution in [0.4, 0.5) is 0 Å². The van der Waals surface area contributed by atoms with Crippen LogP contribution in [0.1, 0.15) is 102 Å². The van der Waals surface area contributed by atoms with E-state index in [1.165, 1.54) is 69.8 Å². The molecule has 0 fully saturated rings. The van der Waals surface area contributed by atoms with Gasteiger partial charge in [-0.15, -0.1) is 0 Å². The Labute approximate surface area is 218 Å². The lowest BCUT2D eigenvalue weighted by Crippen LogP contribution is -2.35. The molecule has 35 heavy (non-hydrogen) atoms. The summed E-state index contributed by atoms with van der Waals surface area (Å²) in [6.07, 6.45) is 19.6. The number of rotatable bonds is 21. The summed E-state index contributed by atoms with van der Waals surface area (Å²) in [5.41, 5.74) is 3.02. The second kappa shape index (κ2) is 19.0. The molecule has 202 valence electrons. The van der Waals surface area contributed by atoms with E-state index < -0.39 is 8.32 Å². The van der Waals surface area contributed by atoms with Crippen molar-refractivity contribution in [1.29, 1.82) is 0 Å². The molecule has 4 nitrogen and oxygen atoms in total. The van der Waals surface area contributed by atoms with E-state index in [-0.39, 0.29) is 6.04 Å². The van der Waals surface area contributed by atoms with Crippen LogP contribution in [0.3, 0.4) is 0 Å². The lowest BCUT2D eigenvalue weighted by molar-refractivity contribution is 0.380. The van der Waals surface area contributed by atoms with Crippen LogP contribution >= 0.6 is 0 Å². The third kappa shape index (κ3) is 13.7. The lowest BCUT2D eigenvalue weighted by Gasteiger charge is -2.30. The van der Waals surface area contributed by atoms with Crippen LogP contribution in [0.25, 0.3) is 0 Å². The molecule has 1 aromatic rings. The van der Waals surface area contributed by atoms with Gasteiger partial charge in [0.15, 0.2) is 8.32 Å². The molecule has 2 unspecified atom stereocenters. The van der Waals surface area contributed by atoms with Gasteiger partial charge in [-0.25, -0.2) is 0 Å². The predicted octanol–water partition coefficient (Wildman–Crippen LogP) is 7.89. The van der Waals surface area contributed by atoms with Gasteiger partial charge in [0, 0.05) is 18.7 Å². The molecule has 0 aromatic heterocycles. The summed E-state index contributed by atoms with van der Waals surface area (Å²) < 4.78 is 5.86. The van der Waals surface area contributed by atoms with Gasteiger partial charge in [-0.2, -0.15) is 0 Å². The van der Waals surface area contributed by atoms with Crippen molar-refractivity contribution in [2.24, 2.45) is 0 Å². The summed E-state index contributed by atoms with van der Waals surface area (Å²) in [6.45, 7) is 11.1. The van der Waals surface area contributed by atoms with Gasteiger partial charge in [0.2, 0.25) is 0 Å². The van der Waals surface area contributed by atoms with E-state index in [2.05, 4.69) is 61.9 Å². The maximum atomic E-state index is 10.5. The molecule has 0 saturated carbocycles. The SMILES string of the molecule is CCCC(CC/C=C\CCCCCCCc1ccc(C(C)NCCCNC)c(O)c1)[Si](C)(C)OC. The van der Waals surface area contributed by atoms with Gasteiger partial charge in [-0.3, -0.25) is 0 Å². The minimum atomic E-state index is -1.52. The molecule has 1 aromatic carbocycles. The number of unbranched alkanes of at least 4 members (excludes halogenated alkanes) is 5. The Morgan fingerprint density at radius 3 is 2.37 bits per heavy atom. The van der Waals surface area contributed by atoms with Gasteiger partial charge in [-0.1, -0.05) is 63.3 Å². The number of hydrogen-bond acceptors (Lipinski definition) is 4. The highest BCUT2D eigenvalue weighted by Gasteiger charge is 2.31. The zero-order valence-electron chi connectivity index (χ0n) is 23.8. The lowest BCUT2D eigenvalue weighted by atomic mass is 10.0. The Morgan fingerprint density at radius 1 is 0.971 bits per heavy atom. The number of phenols is 1. The molecule has 3 N–H and O–H groups in total. The number of aromatic hydroxyl groups is 1. The molecule has 0 saturated heterocycles. The first-order valence-corrected chi connectivity index (χ1v) is 17.2. The highest BCUT2D eigenvalue weighted by molar-refractivity contribution is 6.72. The Balaban J connectivity index is 2.16. The van der Waals surface area contributed by atoms with E-state index in [0.29, 0.717) is 5.75 Å². The molecule has 0 amide bonds. The summed E-state index contributed by atoms with van der Waals surface area (Å²) in [5, 5.41) is 17.1. The van der Waals surface area contributed by atoms with Crippen molar-refractivity contribution in [3.05, 3.63) is 41.5 Å². The van der Waals surface area contributed by atoms with E-state index in [1.54, 1.807) is 0 Å². The van der Waals surface area contributed by atoms with Crippen LogP contribution in [-0.4, -0.2) is 40.7 Å². The van der Waals surface area contributed by atoms with E-state index in [4.69, 9.17) is 4.43 Å². The summed E-state index contributed by atoms with van der Waals surface area (Å²) in [7, 11) is 2.36. The molecular weight excluding hydrogens is 448 g/mol. The van der Waals surface area contributed by atoms with Crippen molar-refractivity contribution < 1.29 is 9.53 Å². The number of hydrogen-bond donors (Lipinski definition) is 3. The average Bonchev–Trinajstić information content (AvgIpc) is 2.84. The van der Waals surface area contributed by atoms with E-state index in [0.717, 1.165) is 37.0 Å². The van der Waals surface area contributed by atoms with Crippen molar-refractivity contribution in [1.82, 2.24) is 10.6 Å². The van der Waals surface area contributed by atoms with Gasteiger partial charge in [0.25, 0.3) is 0 Å². The first kappa shape index (κ1) is 31.9. The molecule has 0 heterocycles. The summed E-state index contributed by atoms with van der Waals surface area (Å²) in [4.78, 5) is 0. The van der Waals surface area contributed by atoms with Gasteiger partial charge in [0.05, 0.1) is 0 Å². The topological polar surface area (TPSA) is 53.5 Å². The highest BCUT2D eigenvalue weighted by atomic mass is 28.4. The van der Waals surface area contributed by atoms with Crippen molar-refractivity contribution >= 4 is 8.32 Å². The van der Waals surface area contributed by atoms with Gasteiger partial charge < -0.3 is 20.2 Å². The summed E-state index contributed by atoms with van der Waals surface area (Å²) in [5.74, 6) is 0.428. The van der Waals surface area contributed by atoms with E-state index in [1.807, 2.05) is 20.2 Å². The van der Waals surface area contributed by atoms with Gasteiger partial charge in [-0.05, 0) is 102 Å². The second-order valence-electron chi connectivity index (χ2n) is 10.7. The molecular formula is C30H56N2O2Si. The fourth-order valence-corrected chi connectivity index (χ4v) is 6.99. The van der Waals surface area contributed by atoms with Gasteiger partial charge in [0.1, 0.15) is 5.75 Å². The molecule has 5 heteroatoms. The Bertz CT molecular complexity index is 693. The molecule has 0 aliphatic carbocycles. The molecule has 1 rings (SSSR count). The fourth-order valence-electron chi connectivity index (χ4n) is 4.81. The number of allylic oxidation sites excluding steroid dienone is 2. The van der Waals surface area contributed by atoms with Crippen LogP contribution in [0.15, 0.2) is 30.4 Å². The Hall–Kier alpha value is -1.14. The maximum Gasteiger partial charge on any atom is 0.189 e. The zero-order valence-corrected chi connectivity index (χ0v) is 24.8. The third-order valence-electron chi connectivity index (χ3n) is 7.45. The monoisotopic (exact) mass is 504 g/mol. The van der Waals surface area contributed by atoms with Crippen LogP contribution in [0.5, 0.6) is 5.75 Å². The Kier molecular flexibility index (Phi) is 17.3. The summed E-state index contributed by atoms with van der Waals surface area (Å²) >= 11 is 0. The third-order valence-corrected chi connectivity index (χ3v) is 11.0. The number of phenolic OH excluding ortho intramolecular Hbond substituents is 1. The zero-order chi connectivity index (χ0) is 25.9. The van der Waals surface area contributed by atoms with E-state index in [9.17, 15) is 5.11 Å². The van der Waals surface area contributed by atoms with Crippen LogP contribution in [0, 0.1) is 0 Å². The molecule has 0 aliphatic heterocycles. The summed E-state index contributed by atoms with van der Waals surface area (Å²) in [6, 6.07) is 6.42. The van der Waals surface area contributed by atoms with Crippen LogP contribution < -0.4 is 10.6 Å².